The van der Waals surface area contributed by atoms with Gasteiger partial charge < -0.3 is 89.5 Å². The maximum Gasteiger partial charge on any atom is 0.340 e. The molecular weight excluding hydrogens is 1910 g/mol. The van der Waals surface area contributed by atoms with Crippen molar-refractivity contribution in [3.63, 3.8) is 0 Å². The number of aromatic nitrogens is 16. The highest BCUT2D eigenvalue weighted by molar-refractivity contribution is 8.21. The summed E-state index contributed by atoms with van der Waals surface area (Å²) < 4.78 is 85.6. The largest absolute Gasteiger partial charge is 0.459 e. The summed E-state index contributed by atoms with van der Waals surface area (Å²) in [6.07, 6.45) is 11.2. The van der Waals surface area contributed by atoms with Crippen molar-refractivity contribution in [2.45, 2.75) is 243 Å². The monoisotopic (exact) mass is 2000 g/mol. The van der Waals surface area contributed by atoms with Crippen LogP contribution in [0.3, 0.4) is 0 Å². The lowest BCUT2D eigenvalue weighted by molar-refractivity contribution is -0.164. The van der Waals surface area contributed by atoms with E-state index in [0.29, 0.717) is 73.3 Å². The van der Waals surface area contributed by atoms with Crippen LogP contribution in [0.1, 0.15) is 163 Å². The molecule has 0 bridgehead atoms. The van der Waals surface area contributed by atoms with Gasteiger partial charge in [-0.1, -0.05) is 95.8 Å². The van der Waals surface area contributed by atoms with E-state index < -0.39 is 113 Å². The van der Waals surface area contributed by atoms with Crippen LogP contribution < -0.4 is 16.4 Å². The van der Waals surface area contributed by atoms with Gasteiger partial charge in [-0.3, -0.25) is 37.7 Å². The quantitative estimate of drug-likeness (QED) is 0.0111. The SMILES string of the molecule is CC[C@H]1C[C@@H](OC(C)=O)[C@H](OC(C)=O)[C@@H]1C.CC[C@H]1O[C@@H](n2ncc3c(Cl)nc(Cl)nc32)[C@H](OC(C)=O)[C@@H]1C.Clc1nc(Cl)c2cn[nH]c2n1.NC1CCCC1.O=P(Cl)(Cl)CP(=O)(Cl)Cl.O=P(O)(O)CP(=O)(O)OC[C@H]1O[C@@H](n2ncc3c(NC4CCCC4)nc(Cl)nc32)[C@H](O)[C@@H]1O.OC[C@H]1O[C@@H](n2ncc3c(NC4CCCC4)nc(Cl)nc32)[C@H](O)[C@@H]1O. The number of aromatic amines is 1. The van der Waals surface area contributed by atoms with Crippen molar-refractivity contribution < 1.29 is 106 Å². The minimum atomic E-state index is -4.81. The van der Waals surface area contributed by atoms with Gasteiger partial charge >= 0.3 is 33.1 Å². The van der Waals surface area contributed by atoms with E-state index in [2.05, 4.69) is 82.9 Å². The van der Waals surface area contributed by atoms with Crippen LogP contribution in [0.25, 0.3) is 44.1 Å². The number of ether oxygens (including phenoxy) is 6. The molecule has 4 aliphatic carbocycles. The summed E-state index contributed by atoms with van der Waals surface area (Å²) in [5.41, 5.74) is 7.17. The number of hydrogen-bond acceptors (Lipinski definition) is 34. The van der Waals surface area contributed by atoms with Gasteiger partial charge in [0.05, 0.1) is 65.7 Å². The Morgan fingerprint density at radius 1 is 0.528 bits per heavy atom. The van der Waals surface area contributed by atoms with Gasteiger partial charge in [-0.25, -0.2) is 24.0 Å². The molecule has 3 aliphatic heterocycles. The Balaban J connectivity index is 0.000000172. The van der Waals surface area contributed by atoms with Crippen LogP contribution in [0.2, 0.25) is 31.4 Å². The maximum absolute atomic E-state index is 11.9. The third-order valence-corrected chi connectivity index (χ3v) is 31.9. The fourth-order valence-electron chi connectivity index (χ4n) is 14.9. The molecule has 0 radical (unpaired) electrons. The summed E-state index contributed by atoms with van der Waals surface area (Å²) in [5, 5.41) is 79.2. The minimum absolute atomic E-state index is 0.0198. The standard InChI is InChI=1S/C16H24ClN5O9P2.C15H20ClN5O4.C14H16Cl2N4O3.C12H20O4.C5H2Cl2N4.C5H11N.CH2Cl4O2P2/c17-16-20-13(19-8-3-1-2-4-8)9-5-18-22(14(9)21-16)15-12(24)11(23)10(31-15)6-30-33(28,29)7-32(25,26)27;16-15-19-12(18-7-3-1-2-4-7)8-5-17-21(13(8)20-15)14-11(24)10(23)9(6-22)25-14;1-4-9-6(2)10(22-7(3)21)13(23-9)20-12-8(5-17-20)11(15)18-14(16)19-12;1-5-10-6-11(15-8(3)13)12(7(10)2)16-9(4)14;6-3-2-1-8-11-4(2)10-5(7)9-3;6-5-3-1-2-4-5;2-8(3,6)1-9(4,5)7/h5,8,10-12,15,23-24H,1-4,6-7H2,(H,28,29)(H,19,20,21)(H2,25,26,27);5,7,9-11,14,22-24H,1-4,6H2,(H,18,19,20);5-6,9-10,13H,4H2,1-3H3;7,10-12H,5-6H2,1-4H3;1H,(H,8,9,10,11);5H,1-4,6H2;1H2/t10-,11-,12-,15-;9-,10-,11-,14-;6-,9-,10-,13-;7-,10+,11-,12-;;;/m1111.../s1. The van der Waals surface area contributed by atoms with E-state index in [9.17, 15) is 63.1 Å². The molecule has 15 rings (SSSR count). The summed E-state index contributed by atoms with van der Waals surface area (Å²) >= 11 is 55.4. The number of aliphatic hydroxyl groups is 5. The Bertz CT molecular complexity index is 5090. The molecule has 41 nitrogen and oxygen atoms in total. The molecule has 7 aliphatic rings. The number of fused-ring (bicyclic) bond motifs is 4. The van der Waals surface area contributed by atoms with Gasteiger partial charge in [-0.05, 0) is 155 Å². The smallest absolute Gasteiger partial charge is 0.340 e. The molecule has 8 aromatic heterocycles. The fraction of sp³-hybridized carbons (Fsp3) is 0.662. The molecule has 11 heterocycles. The zero-order chi connectivity index (χ0) is 90.5. The summed E-state index contributed by atoms with van der Waals surface area (Å²) in [5.74, 6) is -7.85. The van der Waals surface area contributed by atoms with Crippen LogP contribution in [0.4, 0.5) is 11.6 Å². The van der Waals surface area contributed by atoms with Crippen LogP contribution in [0, 0.1) is 17.8 Å². The van der Waals surface area contributed by atoms with Crippen molar-refractivity contribution >= 4 is 215 Å². The van der Waals surface area contributed by atoms with Crippen molar-refractivity contribution in [2.75, 3.05) is 35.7 Å². The summed E-state index contributed by atoms with van der Waals surface area (Å²) in [4.78, 5) is 93.3. The van der Waals surface area contributed by atoms with Gasteiger partial charge in [0.1, 0.15) is 76.7 Å². The predicted octanol–water partition coefficient (Wildman–Crippen LogP) is 13.0. The van der Waals surface area contributed by atoms with Gasteiger partial charge in [0.15, 0.2) is 53.3 Å². The van der Waals surface area contributed by atoms with E-state index in [4.69, 9.17) is 163 Å². The first-order valence-corrected chi connectivity index (χ1v) is 52.0. The van der Waals surface area contributed by atoms with E-state index in [0.717, 1.165) is 57.8 Å². The zero-order valence-corrected chi connectivity index (χ0v) is 78.0. The first kappa shape index (κ1) is 102. The van der Waals surface area contributed by atoms with Crippen molar-refractivity contribution in [3.05, 3.63) is 56.2 Å². The first-order valence-electron chi connectivity index (χ1n) is 38.7. The van der Waals surface area contributed by atoms with Crippen molar-refractivity contribution in [1.29, 1.82) is 0 Å². The van der Waals surface area contributed by atoms with Crippen molar-refractivity contribution in [2.24, 2.45) is 23.5 Å². The molecule has 17 atom stereocenters. The van der Waals surface area contributed by atoms with Crippen LogP contribution >= 0.6 is 141 Å². The number of carbonyl (C=O) groups is 3. The Hall–Kier alpha value is -4.49. The second-order valence-electron chi connectivity index (χ2n) is 29.8. The molecule has 8 aromatic rings. The Morgan fingerprint density at radius 3 is 1.38 bits per heavy atom. The van der Waals surface area contributed by atoms with Crippen molar-refractivity contribution in [3.8, 4) is 0 Å². The molecule has 7 fully saturated rings. The number of H-pyrrole nitrogens is 1. The van der Waals surface area contributed by atoms with Gasteiger partial charge in [0.2, 0.25) is 21.1 Å². The third-order valence-electron chi connectivity index (χ3n) is 20.7. The lowest BCUT2D eigenvalue weighted by atomic mass is 9.95. The molecule has 55 heteroatoms. The van der Waals surface area contributed by atoms with Gasteiger partial charge in [-0.15, -0.1) is 0 Å². The highest BCUT2D eigenvalue weighted by Crippen LogP contribution is 2.72. The lowest BCUT2D eigenvalue weighted by Crippen LogP contribution is -2.33. The molecule has 684 valence electrons. The van der Waals surface area contributed by atoms with Crippen LogP contribution in [0.15, 0.2) is 24.8 Å². The highest BCUT2D eigenvalue weighted by atomic mass is 35.9. The molecule has 13 N–H and O–H groups in total. The van der Waals surface area contributed by atoms with Crippen molar-refractivity contribution in [1.82, 2.24) is 79.4 Å². The number of aliphatic hydroxyl groups excluding tert-OH is 5. The number of anilines is 2. The fourth-order valence-corrected chi connectivity index (χ4v) is 27.6. The molecule has 1 unspecified atom stereocenters. The van der Waals surface area contributed by atoms with E-state index >= 15 is 0 Å². The molecule has 3 saturated heterocycles. The third kappa shape index (κ3) is 28.8. The number of carbonyl (C=O) groups excluding carboxylic acids is 3. The van der Waals surface area contributed by atoms with Gasteiger partial charge in [0.25, 0.3) is 11.7 Å². The Labute approximate surface area is 753 Å². The molecular formula is C68H95Cl10N19O22P4. The van der Waals surface area contributed by atoms with Gasteiger partial charge in [0, 0.05) is 44.8 Å². The topological polar surface area (TPSA) is 581 Å². The zero-order valence-electron chi connectivity index (χ0n) is 66.9. The van der Waals surface area contributed by atoms with Crippen LogP contribution in [0.5, 0.6) is 0 Å². The first-order chi connectivity index (χ1) is 57.8. The molecule has 4 saturated carbocycles. The number of hydrogen-bond donors (Lipinski definition) is 12. The van der Waals surface area contributed by atoms with E-state index in [1.165, 1.54) is 74.9 Å². The maximum atomic E-state index is 11.9. The summed E-state index contributed by atoms with van der Waals surface area (Å²) in [6.45, 7) is 11.2. The van der Waals surface area contributed by atoms with Crippen LogP contribution in [-0.4, -0.2) is 242 Å². The Morgan fingerprint density at radius 2 is 0.951 bits per heavy atom. The molecule has 0 spiro atoms. The average Bonchev–Trinajstić information content (AvgIpc) is 1.62. The predicted molar refractivity (Wildman–Crippen MR) is 459 cm³/mol. The van der Waals surface area contributed by atoms with Crippen LogP contribution in [-0.2, 0) is 65.6 Å². The number of rotatable bonds is 20. The normalized spacial score (nSPS) is 26.5. The second kappa shape index (κ2) is 45.4. The number of nitrogens with two attached hydrogens (primary N) is 1. The molecule has 0 aromatic carbocycles. The average molecular weight is 2010 g/mol. The summed E-state index contributed by atoms with van der Waals surface area (Å²) in [7, 11) is -9.48. The molecule has 123 heavy (non-hydrogen) atoms. The van der Waals surface area contributed by atoms with E-state index in [1.54, 1.807) is 23.3 Å². The number of nitrogens with one attached hydrogen (secondary N) is 3. The van der Waals surface area contributed by atoms with Gasteiger partial charge in [-0.2, -0.15) is 50.3 Å². The minimum Gasteiger partial charge on any atom is -0.459 e. The van der Waals surface area contributed by atoms with E-state index in [-0.39, 0.29) is 86.0 Å². The molecule has 0 amide bonds. The number of esters is 3. The highest BCUT2D eigenvalue weighted by Gasteiger charge is 2.49. The number of halogens is 10. The van der Waals surface area contributed by atoms with E-state index in [1.807, 2.05) is 20.8 Å². The lowest BCUT2D eigenvalue weighted by Gasteiger charge is -2.22. The Kier molecular flexibility index (Phi) is 37.7. The summed E-state index contributed by atoms with van der Waals surface area (Å²) in [6, 6.07) is 1.12. The second-order valence-corrected chi connectivity index (χ2v) is 46.9. The number of nitrogens with zero attached hydrogens (tertiary/aromatic N) is 15.